The molecule has 0 aliphatic carbocycles. The summed E-state index contributed by atoms with van der Waals surface area (Å²) >= 11 is 3.41. The minimum atomic E-state index is -0.482. The van der Waals surface area contributed by atoms with Crippen molar-refractivity contribution in [2.45, 2.75) is 52.2 Å². The number of piperidine rings is 1. The third-order valence-corrected chi connectivity index (χ3v) is 4.11. The summed E-state index contributed by atoms with van der Waals surface area (Å²) < 4.78 is 6.21. The van der Waals surface area contributed by atoms with Crippen molar-refractivity contribution in [3.05, 3.63) is 16.4 Å². The second kappa shape index (κ2) is 6.81. The first kappa shape index (κ1) is 17.0. The van der Waals surface area contributed by atoms with Crippen LogP contribution in [-0.2, 0) is 4.74 Å². The molecule has 0 bridgehead atoms. The van der Waals surface area contributed by atoms with Crippen molar-refractivity contribution in [3.63, 3.8) is 0 Å². The van der Waals surface area contributed by atoms with Crippen molar-refractivity contribution < 1.29 is 9.53 Å². The Morgan fingerprint density at radius 3 is 2.86 bits per heavy atom. The van der Waals surface area contributed by atoms with Gasteiger partial charge in [-0.25, -0.2) is 14.8 Å². The first-order valence-electron chi connectivity index (χ1n) is 7.48. The second-order valence-corrected chi connectivity index (χ2v) is 7.39. The summed E-state index contributed by atoms with van der Waals surface area (Å²) in [5, 5.41) is 2.93. The highest BCUT2D eigenvalue weighted by molar-refractivity contribution is 9.10. The number of halogens is 1. The third kappa shape index (κ3) is 4.83. The maximum Gasteiger partial charge on any atom is 0.407 e. The molecule has 0 saturated carbocycles. The Morgan fingerprint density at radius 1 is 1.50 bits per heavy atom. The predicted octanol–water partition coefficient (Wildman–Crippen LogP) is 3.04. The Morgan fingerprint density at radius 2 is 2.23 bits per heavy atom. The van der Waals surface area contributed by atoms with Gasteiger partial charge in [-0.15, -0.1) is 0 Å². The van der Waals surface area contributed by atoms with Gasteiger partial charge >= 0.3 is 6.09 Å². The van der Waals surface area contributed by atoms with Gasteiger partial charge in [0, 0.05) is 25.3 Å². The number of aryl methyl sites for hydroxylation is 1. The van der Waals surface area contributed by atoms with Crippen LogP contribution in [0.25, 0.3) is 0 Å². The maximum atomic E-state index is 11.9. The number of carbonyl (C=O) groups is 1. The molecular formula is C15H23BrN4O2. The number of anilines is 1. The predicted molar refractivity (Wildman–Crippen MR) is 89.1 cm³/mol. The van der Waals surface area contributed by atoms with Crippen LogP contribution in [0.5, 0.6) is 0 Å². The van der Waals surface area contributed by atoms with E-state index in [2.05, 4.69) is 36.1 Å². The molecule has 1 aliphatic rings. The van der Waals surface area contributed by atoms with Crippen LogP contribution in [0.3, 0.4) is 0 Å². The SMILES string of the molecule is Cc1nc(N2CCC[C@@H](NC(=O)OC(C)(C)C)C2)ncc1Br. The van der Waals surface area contributed by atoms with Crippen LogP contribution in [0.15, 0.2) is 10.7 Å². The van der Waals surface area contributed by atoms with Gasteiger partial charge in [0.05, 0.1) is 10.2 Å². The van der Waals surface area contributed by atoms with Crippen molar-refractivity contribution in [3.8, 4) is 0 Å². The van der Waals surface area contributed by atoms with Crippen molar-refractivity contribution >= 4 is 28.0 Å². The number of alkyl carbamates (subject to hydrolysis) is 1. The number of hydrogen-bond acceptors (Lipinski definition) is 5. The summed E-state index contributed by atoms with van der Waals surface area (Å²) in [4.78, 5) is 22.8. The fourth-order valence-electron chi connectivity index (χ4n) is 2.34. The highest BCUT2D eigenvalue weighted by atomic mass is 79.9. The number of ether oxygens (including phenoxy) is 1. The van der Waals surface area contributed by atoms with E-state index in [0.29, 0.717) is 12.5 Å². The molecule has 0 spiro atoms. The fraction of sp³-hybridized carbons (Fsp3) is 0.667. The molecule has 1 N–H and O–H groups in total. The average Bonchev–Trinajstić information content (AvgIpc) is 2.40. The molecule has 0 radical (unpaired) electrons. The Labute approximate surface area is 139 Å². The summed E-state index contributed by atoms with van der Waals surface area (Å²) in [7, 11) is 0. The Balaban J connectivity index is 1.96. The molecule has 2 heterocycles. The molecule has 1 aromatic rings. The van der Waals surface area contributed by atoms with E-state index in [9.17, 15) is 4.79 Å². The van der Waals surface area contributed by atoms with Gasteiger partial charge in [-0.3, -0.25) is 0 Å². The lowest BCUT2D eigenvalue weighted by Gasteiger charge is -2.33. The van der Waals surface area contributed by atoms with Gasteiger partial charge in [0.1, 0.15) is 5.60 Å². The zero-order chi connectivity index (χ0) is 16.3. The molecule has 1 saturated heterocycles. The Kier molecular flexibility index (Phi) is 5.26. The number of hydrogen-bond donors (Lipinski definition) is 1. The van der Waals surface area contributed by atoms with Crippen LogP contribution in [0.1, 0.15) is 39.3 Å². The molecule has 1 amide bonds. The zero-order valence-corrected chi connectivity index (χ0v) is 15.1. The Bertz CT molecular complexity index is 545. The van der Waals surface area contributed by atoms with Gasteiger partial charge in [-0.1, -0.05) is 0 Å². The number of nitrogens with one attached hydrogen (secondary N) is 1. The minimum absolute atomic E-state index is 0.0520. The van der Waals surface area contributed by atoms with E-state index in [-0.39, 0.29) is 12.1 Å². The van der Waals surface area contributed by atoms with E-state index in [1.54, 1.807) is 6.20 Å². The molecule has 0 aromatic carbocycles. The number of rotatable bonds is 2. The summed E-state index contributed by atoms with van der Waals surface area (Å²) in [6, 6.07) is 0.0520. The molecule has 1 aliphatic heterocycles. The smallest absolute Gasteiger partial charge is 0.407 e. The summed E-state index contributed by atoms with van der Waals surface area (Å²) in [5.41, 5.74) is 0.428. The van der Waals surface area contributed by atoms with Crippen LogP contribution >= 0.6 is 15.9 Å². The van der Waals surface area contributed by atoms with Crippen molar-refractivity contribution in [1.29, 1.82) is 0 Å². The number of nitrogens with zero attached hydrogens (tertiary/aromatic N) is 3. The lowest BCUT2D eigenvalue weighted by Crippen LogP contribution is -2.49. The molecule has 1 fully saturated rings. The van der Waals surface area contributed by atoms with Crippen molar-refractivity contribution in [2.24, 2.45) is 0 Å². The fourth-order valence-corrected chi connectivity index (χ4v) is 2.53. The van der Waals surface area contributed by atoms with Gasteiger partial charge < -0.3 is 15.0 Å². The van der Waals surface area contributed by atoms with Gasteiger partial charge in [0.25, 0.3) is 0 Å². The maximum absolute atomic E-state index is 11.9. The molecule has 2 rings (SSSR count). The van der Waals surface area contributed by atoms with Crippen LogP contribution in [0.2, 0.25) is 0 Å². The largest absolute Gasteiger partial charge is 0.444 e. The summed E-state index contributed by atoms with van der Waals surface area (Å²) in [5.74, 6) is 0.705. The zero-order valence-electron chi connectivity index (χ0n) is 13.5. The summed E-state index contributed by atoms with van der Waals surface area (Å²) in [6.45, 7) is 9.11. The monoisotopic (exact) mass is 370 g/mol. The van der Waals surface area contributed by atoms with E-state index in [1.165, 1.54) is 0 Å². The quantitative estimate of drug-likeness (QED) is 0.866. The van der Waals surface area contributed by atoms with Gasteiger partial charge in [0.2, 0.25) is 5.95 Å². The highest BCUT2D eigenvalue weighted by Crippen LogP contribution is 2.20. The number of carbonyl (C=O) groups excluding carboxylic acids is 1. The standard InChI is InChI=1S/C15H23BrN4O2/c1-10-12(16)8-17-13(18-10)20-7-5-6-11(9-20)19-14(21)22-15(2,3)4/h8,11H,5-7,9H2,1-4H3,(H,19,21)/t11-/m1/s1. The first-order chi connectivity index (χ1) is 10.2. The third-order valence-electron chi connectivity index (χ3n) is 3.33. The lowest BCUT2D eigenvalue weighted by molar-refractivity contribution is 0.0500. The molecule has 0 unspecified atom stereocenters. The van der Waals surface area contributed by atoms with Gasteiger partial charge in [-0.2, -0.15) is 0 Å². The van der Waals surface area contributed by atoms with E-state index in [4.69, 9.17) is 4.74 Å². The Hall–Kier alpha value is -1.37. The average molecular weight is 371 g/mol. The van der Waals surface area contributed by atoms with Crippen LogP contribution in [-0.4, -0.2) is 40.8 Å². The van der Waals surface area contributed by atoms with Gasteiger partial charge in [0.15, 0.2) is 0 Å². The van der Waals surface area contributed by atoms with E-state index in [0.717, 1.165) is 29.6 Å². The van der Waals surface area contributed by atoms with Crippen molar-refractivity contribution in [2.75, 3.05) is 18.0 Å². The molecule has 1 aromatic heterocycles. The molecular weight excluding hydrogens is 348 g/mol. The molecule has 22 heavy (non-hydrogen) atoms. The van der Waals surface area contributed by atoms with Crippen LogP contribution in [0.4, 0.5) is 10.7 Å². The molecule has 6 nitrogen and oxygen atoms in total. The lowest BCUT2D eigenvalue weighted by atomic mass is 10.1. The topological polar surface area (TPSA) is 67.4 Å². The van der Waals surface area contributed by atoms with E-state index in [1.807, 2.05) is 27.7 Å². The molecule has 1 atom stereocenters. The van der Waals surface area contributed by atoms with Crippen molar-refractivity contribution in [1.82, 2.24) is 15.3 Å². The first-order valence-corrected chi connectivity index (χ1v) is 8.27. The van der Waals surface area contributed by atoms with E-state index < -0.39 is 5.60 Å². The van der Waals surface area contributed by atoms with E-state index >= 15 is 0 Å². The molecule has 7 heteroatoms. The van der Waals surface area contributed by atoms with Crippen LogP contribution in [0, 0.1) is 6.92 Å². The summed E-state index contributed by atoms with van der Waals surface area (Å²) in [6.07, 6.45) is 3.32. The minimum Gasteiger partial charge on any atom is -0.444 e. The van der Waals surface area contributed by atoms with Crippen LogP contribution < -0.4 is 10.2 Å². The number of amides is 1. The van der Waals surface area contributed by atoms with Gasteiger partial charge in [-0.05, 0) is 56.5 Å². The number of aromatic nitrogens is 2. The highest BCUT2D eigenvalue weighted by Gasteiger charge is 2.25. The second-order valence-electron chi connectivity index (χ2n) is 6.53. The normalized spacial score (nSPS) is 19.0. The molecule has 122 valence electrons.